The Labute approximate surface area is 126 Å². The summed E-state index contributed by atoms with van der Waals surface area (Å²) >= 11 is 11.9. The number of hydrogen-bond acceptors (Lipinski definition) is 5. The summed E-state index contributed by atoms with van der Waals surface area (Å²) in [6.07, 6.45) is -0.0671. The summed E-state index contributed by atoms with van der Waals surface area (Å²) in [6, 6.07) is 5.32. The lowest BCUT2D eigenvalue weighted by Crippen LogP contribution is -2.09. The first-order valence-electron chi connectivity index (χ1n) is 5.91. The lowest BCUT2D eigenvalue weighted by molar-refractivity contribution is 0.222. The predicted octanol–water partition coefficient (Wildman–Crippen LogP) is 3.64. The monoisotopic (exact) mass is 313 g/mol. The third-order valence-electron chi connectivity index (χ3n) is 2.33. The highest BCUT2D eigenvalue weighted by molar-refractivity contribution is 6.31. The summed E-state index contributed by atoms with van der Waals surface area (Å²) in [6.45, 7) is 3.74. The van der Waals surface area contributed by atoms with Crippen LogP contribution in [0.4, 0.5) is 0 Å². The number of benzene rings is 1. The predicted molar refractivity (Wildman–Crippen MR) is 77.6 cm³/mol. The molecule has 1 heterocycles. The largest absolute Gasteiger partial charge is 0.496 e. The Kier molecular flexibility index (Phi) is 4.62. The zero-order valence-corrected chi connectivity index (χ0v) is 12.7. The van der Waals surface area contributed by atoms with Crippen molar-refractivity contribution >= 4 is 23.2 Å². The molecule has 20 heavy (non-hydrogen) atoms. The Morgan fingerprint density at radius 2 is 1.85 bits per heavy atom. The highest BCUT2D eigenvalue weighted by Gasteiger charge is 2.14. The molecule has 0 bridgehead atoms. The summed E-state index contributed by atoms with van der Waals surface area (Å²) in [5.74, 6) is 0.937. The van der Waals surface area contributed by atoms with E-state index in [-0.39, 0.29) is 17.4 Å². The van der Waals surface area contributed by atoms with E-state index in [0.29, 0.717) is 22.2 Å². The van der Waals surface area contributed by atoms with Gasteiger partial charge in [-0.1, -0.05) is 11.6 Å². The van der Waals surface area contributed by atoms with Gasteiger partial charge in [-0.15, -0.1) is 0 Å². The molecule has 106 valence electrons. The molecule has 0 atom stereocenters. The van der Waals surface area contributed by atoms with Crippen molar-refractivity contribution in [1.29, 1.82) is 0 Å². The van der Waals surface area contributed by atoms with Gasteiger partial charge in [0.2, 0.25) is 5.28 Å². The minimum Gasteiger partial charge on any atom is -0.496 e. The first-order chi connectivity index (χ1) is 9.49. The minimum atomic E-state index is -0.0671. The molecule has 5 nitrogen and oxygen atoms in total. The SMILES string of the molecule is COc1ccc(Cl)cc1-c1nc(Cl)nc(OC(C)C)n1. The molecule has 0 aliphatic carbocycles. The molecular formula is C13H13Cl2N3O2. The number of aromatic nitrogens is 3. The second kappa shape index (κ2) is 6.24. The zero-order chi connectivity index (χ0) is 14.7. The van der Waals surface area contributed by atoms with Gasteiger partial charge >= 0.3 is 6.01 Å². The standard InChI is InChI=1S/C13H13Cl2N3O2/c1-7(2)20-13-17-11(16-12(15)18-13)9-6-8(14)4-5-10(9)19-3/h4-7H,1-3H3. The minimum absolute atomic E-state index is 0.0488. The van der Waals surface area contributed by atoms with Crippen LogP contribution in [0.15, 0.2) is 18.2 Å². The van der Waals surface area contributed by atoms with Crippen molar-refractivity contribution in [3.8, 4) is 23.1 Å². The number of nitrogens with zero attached hydrogens (tertiary/aromatic N) is 3. The van der Waals surface area contributed by atoms with Gasteiger partial charge in [0.25, 0.3) is 0 Å². The molecule has 2 aromatic rings. The summed E-state index contributed by atoms with van der Waals surface area (Å²) in [4.78, 5) is 12.2. The summed E-state index contributed by atoms with van der Waals surface area (Å²) in [7, 11) is 1.56. The average Bonchev–Trinajstić information content (AvgIpc) is 2.37. The second-order valence-corrected chi connectivity index (χ2v) is 5.00. The lowest BCUT2D eigenvalue weighted by Gasteiger charge is -2.11. The van der Waals surface area contributed by atoms with Gasteiger partial charge in [0.15, 0.2) is 5.82 Å². The fourth-order valence-corrected chi connectivity index (χ4v) is 1.90. The molecule has 2 rings (SSSR count). The molecule has 0 saturated heterocycles. The van der Waals surface area contributed by atoms with E-state index < -0.39 is 0 Å². The highest BCUT2D eigenvalue weighted by atomic mass is 35.5. The van der Waals surface area contributed by atoms with Crippen molar-refractivity contribution in [3.63, 3.8) is 0 Å². The normalized spacial score (nSPS) is 10.7. The Hall–Kier alpha value is -1.59. The highest BCUT2D eigenvalue weighted by Crippen LogP contribution is 2.31. The maximum absolute atomic E-state index is 6.00. The van der Waals surface area contributed by atoms with Crippen molar-refractivity contribution in [2.75, 3.05) is 7.11 Å². The van der Waals surface area contributed by atoms with Gasteiger partial charge in [0, 0.05) is 5.02 Å². The van der Waals surface area contributed by atoms with Crippen LogP contribution < -0.4 is 9.47 Å². The van der Waals surface area contributed by atoms with Crippen LogP contribution in [0, 0.1) is 0 Å². The first kappa shape index (κ1) is 14.8. The Bertz CT molecular complexity index is 621. The molecular weight excluding hydrogens is 301 g/mol. The van der Waals surface area contributed by atoms with Gasteiger partial charge in [-0.25, -0.2) is 0 Å². The molecule has 0 unspecified atom stereocenters. The molecule has 0 spiro atoms. The molecule has 1 aromatic heterocycles. The van der Waals surface area contributed by atoms with Crippen LogP contribution in [-0.4, -0.2) is 28.2 Å². The summed E-state index contributed by atoms with van der Waals surface area (Å²) in [5, 5.41) is 0.594. The average molecular weight is 314 g/mol. The van der Waals surface area contributed by atoms with E-state index in [2.05, 4.69) is 15.0 Å². The quantitative estimate of drug-likeness (QED) is 0.862. The van der Waals surface area contributed by atoms with Crippen molar-refractivity contribution in [2.45, 2.75) is 20.0 Å². The number of hydrogen-bond donors (Lipinski definition) is 0. The van der Waals surface area contributed by atoms with E-state index in [1.54, 1.807) is 25.3 Å². The lowest BCUT2D eigenvalue weighted by atomic mass is 10.2. The molecule has 7 heteroatoms. The zero-order valence-electron chi connectivity index (χ0n) is 11.2. The van der Waals surface area contributed by atoms with Crippen LogP contribution in [0.3, 0.4) is 0 Å². The maximum atomic E-state index is 6.00. The van der Waals surface area contributed by atoms with Gasteiger partial charge in [-0.2, -0.15) is 15.0 Å². The van der Waals surface area contributed by atoms with E-state index in [0.717, 1.165) is 0 Å². The fourth-order valence-electron chi connectivity index (χ4n) is 1.57. The van der Waals surface area contributed by atoms with Crippen molar-refractivity contribution < 1.29 is 9.47 Å². The van der Waals surface area contributed by atoms with Gasteiger partial charge in [-0.05, 0) is 43.6 Å². The smallest absolute Gasteiger partial charge is 0.321 e. The molecule has 0 fully saturated rings. The molecule has 0 aliphatic heterocycles. The Morgan fingerprint density at radius 1 is 1.10 bits per heavy atom. The van der Waals surface area contributed by atoms with Crippen LogP contribution in [0.5, 0.6) is 11.8 Å². The molecule has 0 saturated carbocycles. The first-order valence-corrected chi connectivity index (χ1v) is 6.67. The maximum Gasteiger partial charge on any atom is 0.321 e. The van der Waals surface area contributed by atoms with E-state index in [4.69, 9.17) is 32.7 Å². The number of ether oxygens (including phenoxy) is 2. The van der Waals surface area contributed by atoms with E-state index in [1.807, 2.05) is 13.8 Å². The second-order valence-electron chi connectivity index (χ2n) is 4.22. The number of rotatable bonds is 4. The molecule has 0 aliphatic rings. The van der Waals surface area contributed by atoms with Gasteiger partial charge < -0.3 is 9.47 Å². The topological polar surface area (TPSA) is 57.1 Å². The van der Waals surface area contributed by atoms with Crippen LogP contribution in [0.25, 0.3) is 11.4 Å². The Morgan fingerprint density at radius 3 is 2.50 bits per heavy atom. The summed E-state index contributed by atoms with van der Waals surface area (Å²) < 4.78 is 10.7. The molecule has 0 radical (unpaired) electrons. The van der Waals surface area contributed by atoms with Gasteiger partial charge in [0.05, 0.1) is 18.8 Å². The van der Waals surface area contributed by atoms with Gasteiger partial charge in [0.1, 0.15) is 5.75 Å². The summed E-state index contributed by atoms with van der Waals surface area (Å²) in [5.41, 5.74) is 0.623. The number of methoxy groups -OCH3 is 1. The van der Waals surface area contributed by atoms with Crippen molar-refractivity contribution in [2.24, 2.45) is 0 Å². The molecule has 0 N–H and O–H groups in total. The third kappa shape index (κ3) is 3.49. The van der Waals surface area contributed by atoms with E-state index >= 15 is 0 Å². The van der Waals surface area contributed by atoms with Gasteiger partial charge in [-0.3, -0.25) is 0 Å². The van der Waals surface area contributed by atoms with Crippen molar-refractivity contribution in [3.05, 3.63) is 28.5 Å². The van der Waals surface area contributed by atoms with Crippen LogP contribution in [0.2, 0.25) is 10.3 Å². The third-order valence-corrected chi connectivity index (χ3v) is 2.74. The van der Waals surface area contributed by atoms with E-state index in [1.165, 1.54) is 0 Å². The van der Waals surface area contributed by atoms with Crippen LogP contribution in [-0.2, 0) is 0 Å². The van der Waals surface area contributed by atoms with E-state index in [9.17, 15) is 0 Å². The molecule has 0 amide bonds. The van der Waals surface area contributed by atoms with Crippen molar-refractivity contribution in [1.82, 2.24) is 15.0 Å². The Balaban J connectivity index is 2.51. The van der Waals surface area contributed by atoms with Crippen LogP contribution in [0.1, 0.15) is 13.8 Å². The van der Waals surface area contributed by atoms with Crippen LogP contribution >= 0.6 is 23.2 Å². The fraction of sp³-hybridized carbons (Fsp3) is 0.308. The number of halogens is 2. The molecule has 1 aromatic carbocycles.